The van der Waals surface area contributed by atoms with Gasteiger partial charge in [0.2, 0.25) is 5.88 Å². The smallest absolute Gasteiger partial charge is 0.239 e. The van der Waals surface area contributed by atoms with E-state index in [2.05, 4.69) is 9.97 Å². The number of hydrogen-bond acceptors (Lipinski definition) is 4. The van der Waals surface area contributed by atoms with Crippen LogP contribution in [0.5, 0.6) is 11.6 Å². The highest BCUT2D eigenvalue weighted by atomic mass is 35.5. The molecule has 0 saturated carbocycles. The van der Waals surface area contributed by atoms with E-state index in [1.807, 2.05) is 0 Å². The molecule has 4 nitrogen and oxygen atoms in total. The average molecular weight is 256 g/mol. The number of benzene rings is 1. The van der Waals surface area contributed by atoms with Crippen molar-refractivity contribution in [3.05, 3.63) is 40.6 Å². The molecule has 0 fully saturated rings. The molecule has 6 heteroatoms. The van der Waals surface area contributed by atoms with E-state index >= 15 is 0 Å². The molecule has 1 heterocycles. The van der Waals surface area contributed by atoms with Crippen LogP contribution in [0, 0.1) is 0 Å². The van der Waals surface area contributed by atoms with Crippen LogP contribution in [0.15, 0.2) is 30.6 Å². The van der Waals surface area contributed by atoms with Crippen molar-refractivity contribution >= 4 is 29.0 Å². The van der Waals surface area contributed by atoms with E-state index in [1.165, 1.54) is 12.4 Å². The van der Waals surface area contributed by atoms with Crippen LogP contribution in [-0.2, 0) is 0 Å². The lowest BCUT2D eigenvalue weighted by atomic mass is 10.3. The number of anilines is 1. The van der Waals surface area contributed by atoms with Gasteiger partial charge in [-0.05, 0) is 18.2 Å². The van der Waals surface area contributed by atoms with Gasteiger partial charge in [-0.2, -0.15) is 4.98 Å². The quantitative estimate of drug-likeness (QED) is 0.896. The highest BCUT2D eigenvalue weighted by molar-refractivity contribution is 6.35. The summed E-state index contributed by atoms with van der Waals surface area (Å²) in [5.74, 6) is 1.01. The number of halogens is 2. The van der Waals surface area contributed by atoms with Gasteiger partial charge in [0.15, 0.2) is 0 Å². The molecular weight excluding hydrogens is 249 g/mol. The van der Waals surface area contributed by atoms with Crippen molar-refractivity contribution in [1.29, 1.82) is 0 Å². The SMILES string of the molecule is Nc1cncc(Oc2ccc(Cl)cc2Cl)n1. The van der Waals surface area contributed by atoms with Crippen molar-refractivity contribution in [2.75, 3.05) is 5.73 Å². The van der Waals surface area contributed by atoms with Crippen molar-refractivity contribution < 1.29 is 4.74 Å². The number of nitrogens with two attached hydrogens (primary N) is 1. The molecule has 1 aromatic carbocycles. The van der Waals surface area contributed by atoms with Crippen LogP contribution >= 0.6 is 23.2 Å². The summed E-state index contributed by atoms with van der Waals surface area (Å²) in [5.41, 5.74) is 5.47. The second-order valence-corrected chi connectivity index (χ2v) is 3.80. The van der Waals surface area contributed by atoms with Crippen LogP contribution in [0.3, 0.4) is 0 Å². The van der Waals surface area contributed by atoms with E-state index in [0.29, 0.717) is 15.8 Å². The van der Waals surface area contributed by atoms with Gasteiger partial charge in [-0.3, -0.25) is 4.98 Å². The molecule has 0 unspecified atom stereocenters. The van der Waals surface area contributed by atoms with Gasteiger partial charge in [-0.25, -0.2) is 0 Å². The Kier molecular flexibility index (Phi) is 3.12. The Morgan fingerprint density at radius 1 is 1.19 bits per heavy atom. The number of hydrogen-bond donors (Lipinski definition) is 1. The number of aromatic nitrogens is 2. The van der Waals surface area contributed by atoms with Crippen molar-refractivity contribution in [3.63, 3.8) is 0 Å². The predicted molar refractivity (Wildman–Crippen MR) is 63.0 cm³/mol. The van der Waals surface area contributed by atoms with Crippen LogP contribution < -0.4 is 10.5 Å². The number of ether oxygens (including phenoxy) is 1. The lowest BCUT2D eigenvalue weighted by molar-refractivity contribution is 0.461. The first kappa shape index (κ1) is 11.0. The summed E-state index contributed by atoms with van der Waals surface area (Å²) in [4.78, 5) is 7.78. The minimum absolute atomic E-state index is 0.280. The first-order chi connectivity index (χ1) is 7.65. The maximum absolute atomic E-state index is 5.93. The van der Waals surface area contributed by atoms with Crippen LogP contribution in [0.4, 0.5) is 5.82 Å². The number of nitrogens with zero attached hydrogens (tertiary/aromatic N) is 2. The summed E-state index contributed by atoms with van der Waals surface area (Å²) in [7, 11) is 0. The van der Waals surface area contributed by atoms with E-state index in [-0.39, 0.29) is 11.7 Å². The molecular formula is C10H7Cl2N3O. The molecule has 2 N–H and O–H groups in total. The van der Waals surface area contributed by atoms with Crippen LogP contribution in [0.2, 0.25) is 10.0 Å². The standard InChI is InChI=1S/C10H7Cl2N3O/c11-6-1-2-8(7(12)3-6)16-10-5-14-4-9(13)15-10/h1-5H,(H2,13,15). The molecule has 16 heavy (non-hydrogen) atoms. The van der Waals surface area contributed by atoms with Gasteiger partial charge in [0.05, 0.1) is 17.4 Å². The number of nitrogen functional groups attached to an aromatic ring is 1. The third-order valence-electron chi connectivity index (χ3n) is 1.74. The molecule has 0 aliphatic carbocycles. The van der Waals surface area contributed by atoms with Gasteiger partial charge in [0, 0.05) is 5.02 Å². The number of rotatable bonds is 2. The van der Waals surface area contributed by atoms with E-state index in [4.69, 9.17) is 33.7 Å². The summed E-state index contributed by atoms with van der Waals surface area (Å²) in [6, 6.07) is 4.90. The van der Waals surface area contributed by atoms with Crippen LogP contribution in [0.1, 0.15) is 0 Å². The maximum atomic E-state index is 5.93. The van der Waals surface area contributed by atoms with Gasteiger partial charge in [0.25, 0.3) is 0 Å². The fourth-order valence-corrected chi connectivity index (χ4v) is 1.53. The molecule has 2 aromatic rings. The fraction of sp³-hybridized carbons (Fsp3) is 0. The molecule has 0 aliphatic rings. The maximum Gasteiger partial charge on any atom is 0.239 e. The highest BCUT2D eigenvalue weighted by Crippen LogP contribution is 2.30. The summed E-state index contributed by atoms with van der Waals surface area (Å²) in [6.45, 7) is 0. The molecule has 0 radical (unpaired) electrons. The van der Waals surface area contributed by atoms with Crippen molar-refractivity contribution in [1.82, 2.24) is 9.97 Å². The molecule has 0 saturated heterocycles. The third kappa shape index (κ3) is 2.53. The highest BCUT2D eigenvalue weighted by Gasteiger charge is 2.05. The van der Waals surface area contributed by atoms with Gasteiger partial charge in [-0.1, -0.05) is 23.2 Å². The second-order valence-electron chi connectivity index (χ2n) is 2.96. The Morgan fingerprint density at radius 3 is 2.69 bits per heavy atom. The molecule has 0 aliphatic heterocycles. The van der Waals surface area contributed by atoms with Crippen molar-refractivity contribution in [2.24, 2.45) is 0 Å². The van der Waals surface area contributed by atoms with Gasteiger partial charge in [0.1, 0.15) is 11.6 Å². The largest absolute Gasteiger partial charge is 0.436 e. The van der Waals surface area contributed by atoms with Crippen LogP contribution in [0.25, 0.3) is 0 Å². The summed E-state index contributed by atoms with van der Waals surface area (Å²) in [5, 5.41) is 0.938. The predicted octanol–water partition coefficient (Wildman–Crippen LogP) is 3.16. The van der Waals surface area contributed by atoms with Gasteiger partial charge >= 0.3 is 0 Å². The normalized spacial score (nSPS) is 10.1. The Bertz CT molecular complexity index is 519. The van der Waals surface area contributed by atoms with Gasteiger partial charge < -0.3 is 10.5 Å². The van der Waals surface area contributed by atoms with Crippen molar-refractivity contribution in [2.45, 2.75) is 0 Å². The lowest BCUT2D eigenvalue weighted by Gasteiger charge is -2.06. The zero-order valence-electron chi connectivity index (χ0n) is 8.02. The topological polar surface area (TPSA) is 61.0 Å². The zero-order valence-corrected chi connectivity index (χ0v) is 9.53. The van der Waals surface area contributed by atoms with Crippen molar-refractivity contribution in [3.8, 4) is 11.6 Å². The lowest BCUT2D eigenvalue weighted by Crippen LogP contribution is -1.94. The average Bonchev–Trinajstić information content (AvgIpc) is 2.22. The Balaban J connectivity index is 2.27. The Labute approximate surface area is 102 Å². The summed E-state index contributed by atoms with van der Waals surface area (Å²) < 4.78 is 5.40. The van der Waals surface area contributed by atoms with Crippen LogP contribution in [-0.4, -0.2) is 9.97 Å². The first-order valence-corrected chi connectivity index (χ1v) is 5.11. The fourth-order valence-electron chi connectivity index (χ4n) is 1.08. The summed E-state index contributed by atoms with van der Waals surface area (Å²) >= 11 is 11.7. The molecule has 0 atom stereocenters. The minimum atomic E-state index is 0.280. The Hall–Kier alpha value is -1.52. The van der Waals surface area contributed by atoms with Gasteiger partial charge in [-0.15, -0.1) is 0 Å². The third-order valence-corrected chi connectivity index (χ3v) is 2.27. The monoisotopic (exact) mass is 255 g/mol. The zero-order chi connectivity index (χ0) is 11.5. The minimum Gasteiger partial charge on any atom is -0.436 e. The molecule has 0 amide bonds. The van der Waals surface area contributed by atoms with E-state index < -0.39 is 0 Å². The molecule has 82 valence electrons. The second kappa shape index (κ2) is 4.55. The van der Waals surface area contributed by atoms with E-state index in [9.17, 15) is 0 Å². The van der Waals surface area contributed by atoms with E-state index in [0.717, 1.165) is 0 Å². The van der Waals surface area contributed by atoms with E-state index in [1.54, 1.807) is 18.2 Å². The molecule has 0 bridgehead atoms. The molecule has 0 spiro atoms. The Morgan fingerprint density at radius 2 is 2.00 bits per heavy atom. The summed E-state index contributed by atoms with van der Waals surface area (Å²) in [6.07, 6.45) is 2.87. The molecule has 1 aromatic heterocycles. The first-order valence-electron chi connectivity index (χ1n) is 4.35. The molecule has 2 rings (SSSR count).